The zero-order valence-corrected chi connectivity index (χ0v) is 17.5. The van der Waals surface area contributed by atoms with Crippen LogP contribution < -0.4 is 10.6 Å². The summed E-state index contributed by atoms with van der Waals surface area (Å²) in [5.74, 6) is 0.259. The third-order valence-electron chi connectivity index (χ3n) is 5.91. The first-order chi connectivity index (χ1) is 15.5. The fraction of sp³-hybridized carbons (Fsp3) is 0.261. The first kappa shape index (κ1) is 20.0. The molecule has 0 saturated carbocycles. The van der Waals surface area contributed by atoms with E-state index in [-0.39, 0.29) is 11.6 Å². The number of hydrogen-bond donors (Lipinski definition) is 1. The van der Waals surface area contributed by atoms with Crippen LogP contribution in [0.4, 0.5) is 10.2 Å². The van der Waals surface area contributed by atoms with Gasteiger partial charge in [-0.15, -0.1) is 5.10 Å². The molecule has 32 heavy (non-hydrogen) atoms. The number of anilines is 1. The summed E-state index contributed by atoms with van der Waals surface area (Å²) in [6, 6.07) is 10.6. The SMILES string of the molecule is Cn1nnc2cc(-c3cnc(N4CCC(N)CC4)cc3-c3ccc(C#N)c(F)c3)cnc21. The first-order valence-corrected chi connectivity index (χ1v) is 10.4. The van der Waals surface area contributed by atoms with E-state index in [4.69, 9.17) is 16.0 Å². The molecule has 4 heterocycles. The number of aryl methyl sites for hydroxylation is 1. The zero-order chi connectivity index (χ0) is 22.2. The number of piperidine rings is 1. The van der Waals surface area contributed by atoms with Crippen LogP contribution >= 0.6 is 0 Å². The van der Waals surface area contributed by atoms with Gasteiger partial charge in [0.25, 0.3) is 0 Å². The molecule has 0 bridgehead atoms. The molecule has 0 aliphatic carbocycles. The second-order valence-electron chi connectivity index (χ2n) is 8.00. The molecule has 1 saturated heterocycles. The fourth-order valence-corrected chi connectivity index (χ4v) is 4.06. The topological polar surface area (TPSA) is 110 Å². The van der Waals surface area contributed by atoms with Gasteiger partial charge in [-0.25, -0.2) is 19.0 Å². The molecule has 4 aromatic rings. The predicted molar refractivity (Wildman–Crippen MR) is 119 cm³/mol. The number of nitriles is 1. The molecular weight excluding hydrogens is 407 g/mol. The van der Waals surface area contributed by atoms with E-state index in [2.05, 4.69) is 20.2 Å². The van der Waals surface area contributed by atoms with Crippen molar-refractivity contribution in [1.29, 1.82) is 5.26 Å². The van der Waals surface area contributed by atoms with Crippen LogP contribution in [0, 0.1) is 17.1 Å². The zero-order valence-electron chi connectivity index (χ0n) is 17.5. The van der Waals surface area contributed by atoms with Crippen molar-refractivity contribution in [3.05, 3.63) is 54.1 Å². The Morgan fingerprint density at radius 3 is 2.62 bits per heavy atom. The molecule has 160 valence electrons. The van der Waals surface area contributed by atoms with Crippen molar-refractivity contribution in [2.75, 3.05) is 18.0 Å². The quantitative estimate of drug-likeness (QED) is 0.534. The van der Waals surface area contributed by atoms with Crippen LogP contribution in [-0.4, -0.2) is 44.1 Å². The summed E-state index contributed by atoms with van der Waals surface area (Å²) in [4.78, 5) is 11.4. The molecule has 0 unspecified atom stereocenters. The second kappa shape index (κ2) is 7.98. The van der Waals surface area contributed by atoms with E-state index in [0.717, 1.165) is 48.4 Å². The Bertz CT molecular complexity index is 1350. The maximum Gasteiger partial charge on any atom is 0.178 e. The normalized spacial score (nSPS) is 14.6. The van der Waals surface area contributed by atoms with Crippen molar-refractivity contribution in [3.8, 4) is 28.3 Å². The minimum absolute atomic E-state index is 0.0113. The molecule has 1 fully saturated rings. The van der Waals surface area contributed by atoms with E-state index in [9.17, 15) is 4.39 Å². The summed E-state index contributed by atoms with van der Waals surface area (Å²) in [5.41, 5.74) is 10.5. The summed E-state index contributed by atoms with van der Waals surface area (Å²) >= 11 is 0. The van der Waals surface area contributed by atoms with Crippen LogP contribution in [-0.2, 0) is 7.05 Å². The Morgan fingerprint density at radius 1 is 1.06 bits per heavy atom. The second-order valence-corrected chi connectivity index (χ2v) is 8.00. The van der Waals surface area contributed by atoms with Gasteiger partial charge >= 0.3 is 0 Å². The molecule has 3 aromatic heterocycles. The van der Waals surface area contributed by atoms with Crippen molar-refractivity contribution in [3.63, 3.8) is 0 Å². The maximum atomic E-state index is 14.5. The number of fused-ring (bicyclic) bond motifs is 1. The van der Waals surface area contributed by atoms with E-state index >= 15 is 0 Å². The lowest BCUT2D eigenvalue weighted by Crippen LogP contribution is -2.40. The number of nitrogens with zero attached hydrogens (tertiary/aromatic N) is 7. The summed E-state index contributed by atoms with van der Waals surface area (Å²) < 4.78 is 16.1. The van der Waals surface area contributed by atoms with Gasteiger partial charge < -0.3 is 10.6 Å². The number of rotatable bonds is 3. The number of benzene rings is 1. The van der Waals surface area contributed by atoms with Gasteiger partial charge in [-0.2, -0.15) is 5.26 Å². The van der Waals surface area contributed by atoms with E-state index in [1.807, 2.05) is 18.2 Å². The molecule has 9 heteroatoms. The Balaban J connectivity index is 1.65. The highest BCUT2D eigenvalue weighted by atomic mass is 19.1. The molecule has 2 N–H and O–H groups in total. The van der Waals surface area contributed by atoms with E-state index in [1.165, 1.54) is 12.1 Å². The van der Waals surface area contributed by atoms with Gasteiger partial charge in [0, 0.05) is 49.7 Å². The molecular formula is C23H21FN8. The lowest BCUT2D eigenvalue weighted by Gasteiger charge is -2.31. The maximum absolute atomic E-state index is 14.5. The van der Waals surface area contributed by atoms with Crippen molar-refractivity contribution in [2.45, 2.75) is 18.9 Å². The Kier molecular flexibility index (Phi) is 4.99. The molecule has 1 aliphatic rings. The molecule has 0 amide bonds. The third kappa shape index (κ3) is 3.55. The average molecular weight is 428 g/mol. The summed E-state index contributed by atoms with van der Waals surface area (Å²) in [6.07, 6.45) is 5.33. The van der Waals surface area contributed by atoms with Crippen LogP contribution in [0.25, 0.3) is 33.4 Å². The molecule has 0 spiro atoms. The van der Waals surface area contributed by atoms with E-state index in [0.29, 0.717) is 16.7 Å². The standard InChI is InChI=1S/C23H21FN8/c1-31-23-21(29-30-31)9-16(12-28-23)19-13-27-22(32-6-4-17(26)5-7-32)10-18(19)14-2-3-15(11-25)20(24)8-14/h2-3,8-10,12-13,17H,4-7,26H2,1H3. The Labute approximate surface area is 184 Å². The van der Waals surface area contributed by atoms with Gasteiger partial charge in [0.2, 0.25) is 0 Å². The van der Waals surface area contributed by atoms with Crippen molar-refractivity contribution in [2.24, 2.45) is 12.8 Å². The Morgan fingerprint density at radius 2 is 1.88 bits per heavy atom. The highest BCUT2D eigenvalue weighted by Crippen LogP contribution is 2.35. The minimum atomic E-state index is -0.555. The first-order valence-electron chi connectivity index (χ1n) is 10.4. The van der Waals surface area contributed by atoms with Gasteiger partial charge in [0.05, 0.1) is 5.56 Å². The van der Waals surface area contributed by atoms with Crippen molar-refractivity contribution >= 4 is 17.0 Å². The molecule has 1 aliphatic heterocycles. The number of halogens is 1. The van der Waals surface area contributed by atoms with Gasteiger partial charge in [0.1, 0.15) is 23.2 Å². The molecule has 5 rings (SSSR count). The van der Waals surface area contributed by atoms with Crippen molar-refractivity contribution < 1.29 is 4.39 Å². The van der Waals surface area contributed by atoms with Crippen LogP contribution in [0.2, 0.25) is 0 Å². The average Bonchev–Trinajstić information content (AvgIpc) is 3.19. The van der Waals surface area contributed by atoms with Gasteiger partial charge in [0.15, 0.2) is 5.65 Å². The van der Waals surface area contributed by atoms with Gasteiger partial charge in [-0.05, 0) is 48.2 Å². The molecule has 1 aromatic carbocycles. The number of hydrogen-bond acceptors (Lipinski definition) is 7. The van der Waals surface area contributed by atoms with Crippen molar-refractivity contribution in [1.82, 2.24) is 25.0 Å². The van der Waals surface area contributed by atoms with Crippen LogP contribution in [0.15, 0.2) is 42.7 Å². The number of aromatic nitrogens is 5. The highest BCUT2D eigenvalue weighted by molar-refractivity contribution is 5.87. The lowest BCUT2D eigenvalue weighted by atomic mass is 9.95. The predicted octanol–water partition coefficient (Wildman–Crippen LogP) is 3.03. The molecule has 0 atom stereocenters. The summed E-state index contributed by atoms with van der Waals surface area (Å²) in [6.45, 7) is 1.64. The van der Waals surface area contributed by atoms with Gasteiger partial charge in [-0.3, -0.25) is 0 Å². The fourth-order valence-electron chi connectivity index (χ4n) is 4.06. The van der Waals surface area contributed by atoms with Crippen LogP contribution in [0.5, 0.6) is 0 Å². The number of pyridine rings is 2. The number of nitrogens with two attached hydrogens (primary N) is 1. The highest BCUT2D eigenvalue weighted by Gasteiger charge is 2.20. The molecule has 0 radical (unpaired) electrons. The lowest BCUT2D eigenvalue weighted by molar-refractivity contribution is 0.499. The van der Waals surface area contributed by atoms with E-state index in [1.54, 1.807) is 30.2 Å². The van der Waals surface area contributed by atoms with Gasteiger partial charge in [-0.1, -0.05) is 11.3 Å². The van der Waals surface area contributed by atoms with Crippen LogP contribution in [0.1, 0.15) is 18.4 Å². The van der Waals surface area contributed by atoms with Crippen LogP contribution in [0.3, 0.4) is 0 Å². The Hall–Kier alpha value is -3.90. The van der Waals surface area contributed by atoms with E-state index < -0.39 is 5.82 Å². The summed E-state index contributed by atoms with van der Waals surface area (Å²) in [7, 11) is 1.79. The monoisotopic (exact) mass is 428 g/mol. The third-order valence-corrected chi connectivity index (χ3v) is 5.91. The largest absolute Gasteiger partial charge is 0.356 e. The minimum Gasteiger partial charge on any atom is -0.356 e. The molecule has 8 nitrogen and oxygen atoms in total. The summed E-state index contributed by atoms with van der Waals surface area (Å²) in [5, 5.41) is 17.3. The smallest absolute Gasteiger partial charge is 0.178 e.